The molecule has 0 atom stereocenters. The van der Waals surface area contributed by atoms with Crippen LogP contribution < -0.4 is 0 Å². The molecule has 142 valence electrons. The average molecular weight is 357 g/mol. The lowest BCUT2D eigenvalue weighted by Crippen LogP contribution is -2.01. The van der Waals surface area contributed by atoms with Crippen molar-refractivity contribution < 1.29 is 14.3 Å². The van der Waals surface area contributed by atoms with Crippen LogP contribution in [0.2, 0.25) is 0 Å². The zero-order valence-electron chi connectivity index (χ0n) is 16.1. The summed E-state index contributed by atoms with van der Waals surface area (Å²) >= 11 is 0. The number of ether oxygens (including phenoxy) is 1. The first kappa shape index (κ1) is 20.2. The standard InChI is InChI=1S/C22H31NO3/c1-3-4-5-6-7-8-9-10-11-12-21(24)19-16-23-20-15-17(22(25)26-2)13-14-18(19)20/h13-16,23H,3-12H2,1-2H3. The molecule has 0 spiro atoms. The number of ketones is 1. The number of esters is 1. The van der Waals surface area contributed by atoms with E-state index in [1.54, 1.807) is 18.3 Å². The van der Waals surface area contributed by atoms with Gasteiger partial charge in [-0.1, -0.05) is 64.4 Å². The summed E-state index contributed by atoms with van der Waals surface area (Å²) in [5.74, 6) is -0.200. The van der Waals surface area contributed by atoms with Crippen LogP contribution in [-0.4, -0.2) is 23.8 Å². The molecule has 0 aliphatic rings. The largest absolute Gasteiger partial charge is 0.465 e. The number of benzene rings is 1. The molecule has 4 heteroatoms. The van der Waals surface area contributed by atoms with Gasteiger partial charge in [-0.15, -0.1) is 0 Å². The third kappa shape index (κ3) is 5.72. The van der Waals surface area contributed by atoms with E-state index in [9.17, 15) is 9.59 Å². The third-order valence-electron chi connectivity index (χ3n) is 4.91. The normalized spacial score (nSPS) is 11.0. The summed E-state index contributed by atoms with van der Waals surface area (Å²) in [7, 11) is 1.36. The molecule has 1 heterocycles. The van der Waals surface area contributed by atoms with Gasteiger partial charge in [0.15, 0.2) is 5.78 Å². The summed E-state index contributed by atoms with van der Waals surface area (Å²) in [6.07, 6.45) is 13.6. The highest BCUT2D eigenvalue weighted by Crippen LogP contribution is 2.22. The van der Waals surface area contributed by atoms with E-state index in [0.29, 0.717) is 12.0 Å². The summed E-state index contributed by atoms with van der Waals surface area (Å²) in [5, 5.41) is 0.874. The van der Waals surface area contributed by atoms with Gasteiger partial charge in [0.1, 0.15) is 0 Å². The molecule has 26 heavy (non-hydrogen) atoms. The van der Waals surface area contributed by atoms with Gasteiger partial charge in [-0.05, 0) is 18.6 Å². The van der Waals surface area contributed by atoms with Gasteiger partial charge >= 0.3 is 5.97 Å². The number of hydrogen-bond donors (Lipinski definition) is 1. The van der Waals surface area contributed by atoms with Crippen LogP contribution in [0.4, 0.5) is 0 Å². The van der Waals surface area contributed by atoms with E-state index in [-0.39, 0.29) is 11.8 Å². The van der Waals surface area contributed by atoms with E-state index < -0.39 is 0 Å². The van der Waals surface area contributed by atoms with Gasteiger partial charge < -0.3 is 9.72 Å². The predicted molar refractivity (Wildman–Crippen MR) is 106 cm³/mol. The molecule has 0 radical (unpaired) electrons. The number of hydrogen-bond acceptors (Lipinski definition) is 3. The van der Waals surface area contributed by atoms with Crippen LogP contribution in [0, 0.1) is 0 Å². The minimum absolute atomic E-state index is 0.171. The van der Waals surface area contributed by atoms with Gasteiger partial charge in [0.05, 0.1) is 12.7 Å². The van der Waals surface area contributed by atoms with Crippen molar-refractivity contribution in [3.05, 3.63) is 35.5 Å². The number of aromatic nitrogens is 1. The number of carbonyl (C=O) groups excluding carboxylic acids is 2. The molecule has 0 amide bonds. The first-order chi connectivity index (χ1) is 12.7. The van der Waals surface area contributed by atoms with Crippen molar-refractivity contribution in [1.29, 1.82) is 0 Å². The van der Waals surface area contributed by atoms with E-state index in [4.69, 9.17) is 4.74 Å². The van der Waals surface area contributed by atoms with Gasteiger partial charge in [-0.2, -0.15) is 0 Å². The van der Waals surface area contributed by atoms with Crippen molar-refractivity contribution in [2.45, 2.75) is 71.1 Å². The van der Waals surface area contributed by atoms with Crippen LogP contribution in [0.5, 0.6) is 0 Å². The fraction of sp³-hybridized carbons (Fsp3) is 0.545. The van der Waals surface area contributed by atoms with Crippen molar-refractivity contribution in [3.63, 3.8) is 0 Å². The van der Waals surface area contributed by atoms with Gasteiger partial charge in [-0.3, -0.25) is 4.79 Å². The second kappa shape index (κ2) is 10.8. The predicted octanol–water partition coefficient (Wildman–Crippen LogP) is 6.06. The summed E-state index contributed by atoms with van der Waals surface area (Å²) in [4.78, 5) is 27.2. The van der Waals surface area contributed by atoms with Crippen LogP contribution in [0.1, 0.15) is 91.8 Å². The van der Waals surface area contributed by atoms with Gasteiger partial charge in [0.2, 0.25) is 0 Å². The summed E-state index contributed by atoms with van der Waals surface area (Å²) in [5.41, 5.74) is 2.00. The Morgan fingerprint density at radius 1 is 0.962 bits per heavy atom. The van der Waals surface area contributed by atoms with Crippen molar-refractivity contribution in [1.82, 2.24) is 4.98 Å². The molecule has 0 aliphatic heterocycles. The number of unbranched alkanes of at least 4 members (excludes halogenated alkanes) is 8. The minimum atomic E-state index is -0.371. The number of rotatable bonds is 12. The molecule has 0 saturated heterocycles. The quantitative estimate of drug-likeness (QED) is 0.285. The number of fused-ring (bicyclic) bond motifs is 1. The van der Waals surface area contributed by atoms with Crippen molar-refractivity contribution in [2.75, 3.05) is 7.11 Å². The number of aromatic amines is 1. The Morgan fingerprint density at radius 2 is 1.62 bits per heavy atom. The molecule has 0 unspecified atom stereocenters. The van der Waals surface area contributed by atoms with Crippen molar-refractivity contribution in [2.24, 2.45) is 0 Å². The minimum Gasteiger partial charge on any atom is -0.465 e. The molecule has 1 N–H and O–H groups in total. The Bertz CT molecular complexity index is 717. The number of nitrogens with one attached hydrogen (secondary N) is 1. The lowest BCUT2D eigenvalue weighted by molar-refractivity contribution is 0.0600. The van der Waals surface area contributed by atoms with Crippen LogP contribution >= 0.6 is 0 Å². The smallest absolute Gasteiger partial charge is 0.337 e. The second-order valence-electron chi connectivity index (χ2n) is 6.96. The molecule has 2 aromatic rings. The van der Waals surface area contributed by atoms with Crippen LogP contribution in [-0.2, 0) is 4.74 Å². The zero-order valence-corrected chi connectivity index (χ0v) is 16.1. The number of carbonyl (C=O) groups is 2. The molecule has 2 rings (SSSR count). The molecule has 0 bridgehead atoms. The highest BCUT2D eigenvalue weighted by molar-refractivity contribution is 6.08. The molecular formula is C22H31NO3. The number of Topliss-reactive ketones (excluding diaryl/α,β-unsaturated/α-hetero) is 1. The van der Waals surface area contributed by atoms with Crippen LogP contribution in [0.15, 0.2) is 24.4 Å². The number of H-pyrrole nitrogens is 1. The molecular weight excluding hydrogens is 326 g/mol. The maximum atomic E-state index is 12.5. The van der Waals surface area contributed by atoms with Crippen LogP contribution in [0.3, 0.4) is 0 Å². The molecule has 1 aromatic heterocycles. The molecule has 0 saturated carbocycles. The maximum absolute atomic E-state index is 12.5. The van der Waals surface area contributed by atoms with Crippen molar-refractivity contribution in [3.8, 4) is 0 Å². The van der Waals surface area contributed by atoms with Gasteiger partial charge in [0, 0.05) is 29.1 Å². The lowest BCUT2D eigenvalue weighted by Gasteiger charge is -2.03. The maximum Gasteiger partial charge on any atom is 0.337 e. The fourth-order valence-electron chi connectivity index (χ4n) is 3.33. The third-order valence-corrected chi connectivity index (χ3v) is 4.91. The Hall–Kier alpha value is -2.10. The summed E-state index contributed by atoms with van der Waals surface area (Å²) in [6, 6.07) is 5.26. The molecule has 1 aromatic carbocycles. The highest BCUT2D eigenvalue weighted by Gasteiger charge is 2.14. The van der Waals surface area contributed by atoms with Gasteiger partial charge in [-0.25, -0.2) is 4.79 Å². The second-order valence-corrected chi connectivity index (χ2v) is 6.96. The lowest BCUT2D eigenvalue weighted by atomic mass is 10.0. The van der Waals surface area contributed by atoms with E-state index in [1.807, 2.05) is 6.07 Å². The Kier molecular flexibility index (Phi) is 8.39. The fourth-order valence-corrected chi connectivity index (χ4v) is 3.33. The number of methoxy groups -OCH3 is 1. The molecule has 0 aliphatic carbocycles. The first-order valence-electron chi connectivity index (χ1n) is 9.90. The Labute approximate surface area is 156 Å². The van der Waals surface area contributed by atoms with Crippen LogP contribution in [0.25, 0.3) is 10.9 Å². The summed E-state index contributed by atoms with van der Waals surface area (Å²) < 4.78 is 4.73. The highest BCUT2D eigenvalue weighted by atomic mass is 16.5. The van der Waals surface area contributed by atoms with E-state index in [2.05, 4.69) is 11.9 Å². The van der Waals surface area contributed by atoms with E-state index >= 15 is 0 Å². The Balaban J connectivity index is 1.76. The SMILES string of the molecule is CCCCCCCCCCCC(=O)c1c[nH]c2cc(C(=O)OC)ccc12. The summed E-state index contributed by atoms with van der Waals surface area (Å²) in [6.45, 7) is 2.24. The first-order valence-corrected chi connectivity index (χ1v) is 9.90. The Morgan fingerprint density at radius 3 is 2.27 bits per heavy atom. The average Bonchev–Trinajstić information content (AvgIpc) is 3.09. The van der Waals surface area contributed by atoms with Crippen molar-refractivity contribution >= 4 is 22.7 Å². The van der Waals surface area contributed by atoms with E-state index in [1.165, 1.54) is 52.1 Å². The monoisotopic (exact) mass is 357 g/mol. The zero-order chi connectivity index (χ0) is 18.8. The topological polar surface area (TPSA) is 59.2 Å². The molecule has 4 nitrogen and oxygen atoms in total. The van der Waals surface area contributed by atoms with E-state index in [0.717, 1.165) is 29.3 Å². The van der Waals surface area contributed by atoms with Gasteiger partial charge in [0.25, 0.3) is 0 Å². The molecule has 0 fully saturated rings.